The van der Waals surface area contributed by atoms with Crippen molar-refractivity contribution in [3.63, 3.8) is 0 Å². The lowest BCUT2D eigenvalue weighted by molar-refractivity contribution is 0.460. The first-order valence-corrected chi connectivity index (χ1v) is 10.2. The normalized spacial score (nSPS) is 15.9. The summed E-state index contributed by atoms with van der Waals surface area (Å²) in [5, 5.41) is 16.8. The highest BCUT2D eigenvalue weighted by molar-refractivity contribution is 5.92. The molecule has 6 nitrogen and oxygen atoms in total. The van der Waals surface area contributed by atoms with Crippen LogP contribution in [0.2, 0.25) is 0 Å². The molecule has 0 bridgehead atoms. The van der Waals surface area contributed by atoms with Crippen LogP contribution in [0, 0.1) is 6.92 Å². The van der Waals surface area contributed by atoms with Gasteiger partial charge in [-0.2, -0.15) is 4.52 Å². The maximum Gasteiger partial charge on any atom is 0.182 e. The minimum absolute atomic E-state index is 0.414. The molecule has 28 heavy (non-hydrogen) atoms. The summed E-state index contributed by atoms with van der Waals surface area (Å²) in [6.45, 7) is 8.83. The number of aryl methyl sites for hydroxylation is 1. The van der Waals surface area contributed by atoms with Crippen molar-refractivity contribution in [1.29, 1.82) is 0 Å². The molecule has 5 rings (SSSR count). The quantitative estimate of drug-likeness (QED) is 0.565. The van der Waals surface area contributed by atoms with Gasteiger partial charge in [0.15, 0.2) is 5.65 Å². The molecule has 4 aromatic rings. The van der Waals surface area contributed by atoms with Crippen molar-refractivity contribution in [2.24, 2.45) is 0 Å². The lowest BCUT2D eigenvalue weighted by atomic mass is 9.88. The van der Waals surface area contributed by atoms with Crippen molar-refractivity contribution in [1.82, 2.24) is 30.3 Å². The molecule has 3 aromatic heterocycles. The number of nitrogens with one attached hydrogen (secondary N) is 2. The summed E-state index contributed by atoms with van der Waals surface area (Å²) in [6, 6.07) is 9.15. The Morgan fingerprint density at radius 2 is 1.96 bits per heavy atom. The van der Waals surface area contributed by atoms with Gasteiger partial charge in [0, 0.05) is 22.7 Å². The van der Waals surface area contributed by atoms with Crippen molar-refractivity contribution in [3.8, 4) is 11.3 Å². The number of benzene rings is 1. The van der Waals surface area contributed by atoms with E-state index in [2.05, 4.69) is 70.9 Å². The fourth-order valence-electron chi connectivity index (χ4n) is 4.61. The van der Waals surface area contributed by atoms with E-state index in [9.17, 15) is 0 Å². The van der Waals surface area contributed by atoms with Crippen LogP contribution >= 0.6 is 0 Å². The summed E-state index contributed by atoms with van der Waals surface area (Å²) in [5.74, 6) is 1.07. The lowest BCUT2D eigenvalue weighted by Gasteiger charge is -2.23. The molecule has 0 amide bonds. The molecule has 6 heteroatoms. The van der Waals surface area contributed by atoms with Gasteiger partial charge in [-0.05, 0) is 90.0 Å². The zero-order valence-corrected chi connectivity index (χ0v) is 16.7. The van der Waals surface area contributed by atoms with E-state index in [0.29, 0.717) is 11.8 Å². The molecular formula is C22H26N6. The molecule has 0 unspecified atom stereocenters. The van der Waals surface area contributed by atoms with Crippen LogP contribution in [-0.2, 0) is 0 Å². The third-order valence-electron chi connectivity index (χ3n) is 6.02. The Hall–Kier alpha value is -2.73. The Balaban J connectivity index is 1.68. The molecule has 0 atom stereocenters. The smallest absolute Gasteiger partial charge is 0.182 e. The number of aromatic nitrogens is 5. The van der Waals surface area contributed by atoms with E-state index in [1.54, 1.807) is 4.52 Å². The Labute approximate surface area is 164 Å². The number of pyridine rings is 1. The fraction of sp³-hybridized carbons (Fsp3) is 0.409. The highest BCUT2D eigenvalue weighted by atomic mass is 15.5. The van der Waals surface area contributed by atoms with E-state index in [1.165, 1.54) is 40.6 Å². The number of H-pyrrole nitrogens is 1. The molecule has 1 fully saturated rings. The summed E-state index contributed by atoms with van der Waals surface area (Å²) in [4.78, 5) is 3.68. The summed E-state index contributed by atoms with van der Waals surface area (Å²) < 4.78 is 1.76. The van der Waals surface area contributed by atoms with Crippen LogP contribution in [0.1, 0.15) is 55.2 Å². The van der Waals surface area contributed by atoms with Crippen LogP contribution in [0.4, 0.5) is 0 Å². The fourth-order valence-corrected chi connectivity index (χ4v) is 4.61. The average molecular weight is 374 g/mol. The predicted molar refractivity (Wildman–Crippen MR) is 112 cm³/mol. The molecule has 1 saturated heterocycles. The first kappa shape index (κ1) is 17.4. The zero-order chi connectivity index (χ0) is 19.3. The molecule has 1 aliphatic heterocycles. The van der Waals surface area contributed by atoms with Crippen molar-refractivity contribution in [3.05, 3.63) is 47.2 Å². The summed E-state index contributed by atoms with van der Waals surface area (Å²) in [5.41, 5.74) is 8.22. The number of hydrogen-bond donors (Lipinski definition) is 2. The van der Waals surface area contributed by atoms with Gasteiger partial charge in [-0.1, -0.05) is 19.9 Å². The van der Waals surface area contributed by atoms with Gasteiger partial charge in [-0.25, -0.2) is 0 Å². The van der Waals surface area contributed by atoms with Crippen molar-refractivity contribution in [2.45, 2.75) is 45.4 Å². The average Bonchev–Trinajstić information content (AvgIpc) is 3.32. The Morgan fingerprint density at radius 1 is 1.14 bits per heavy atom. The molecule has 2 N–H and O–H groups in total. The van der Waals surface area contributed by atoms with Crippen molar-refractivity contribution >= 4 is 16.6 Å². The Morgan fingerprint density at radius 3 is 2.75 bits per heavy atom. The van der Waals surface area contributed by atoms with Gasteiger partial charge >= 0.3 is 0 Å². The molecule has 0 radical (unpaired) electrons. The number of tetrazole rings is 1. The first-order valence-electron chi connectivity index (χ1n) is 10.2. The number of aromatic amines is 1. The third-order valence-corrected chi connectivity index (χ3v) is 6.02. The maximum absolute atomic E-state index is 4.11. The van der Waals surface area contributed by atoms with Crippen LogP contribution in [-0.4, -0.2) is 38.1 Å². The Kier molecular flexibility index (Phi) is 4.16. The van der Waals surface area contributed by atoms with E-state index >= 15 is 0 Å². The lowest BCUT2D eigenvalue weighted by Crippen LogP contribution is -2.26. The summed E-state index contributed by atoms with van der Waals surface area (Å²) >= 11 is 0. The van der Waals surface area contributed by atoms with Crippen LogP contribution in [0.5, 0.6) is 0 Å². The molecule has 1 aliphatic rings. The first-order chi connectivity index (χ1) is 13.6. The van der Waals surface area contributed by atoms with Gasteiger partial charge in [-0.15, -0.1) is 5.10 Å². The highest BCUT2D eigenvalue weighted by Crippen LogP contribution is 2.38. The standard InChI is InChI=1S/C22H26N6/c1-13(2)20-18-11-16(15-6-8-23-9-7-15)4-5-19(18)24-21(20)17-10-14(3)22-25-26-27-28(22)12-17/h4-5,10-13,15,23-24H,6-9H2,1-3H3. The SMILES string of the molecule is Cc1cc(-c2[nH]c3ccc(C4CCNCC4)cc3c2C(C)C)cn2nnnc12. The van der Waals surface area contributed by atoms with Crippen LogP contribution in [0.15, 0.2) is 30.5 Å². The molecule has 0 spiro atoms. The van der Waals surface area contributed by atoms with Crippen LogP contribution in [0.25, 0.3) is 27.8 Å². The van der Waals surface area contributed by atoms with Crippen molar-refractivity contribution in [2.75, 3.05) is 13.1 Å². The van der Waals surface area contributed by atoms with Gasteiger partial charge < -0.3 is 10.3 Å². The molecule has 4 heterocycles. The second-order valence-corrected chi connectivity index (χ2v) is 8.26. The summed E-state index contributed by atoms with van der Waals surface area (Å²) in [7, 11) is 0. The van der Waals surface area contributed by atoms with Crippen LogP contribution in [0.3, 0.4) is 0 Å². The van der Waals surface area contributed by atoms with E-state index in [4.69, 9.17) is 0 Å². The molecule has 0 saturated carbocycles. The molecule has 144 valence electrons. The van der Waals surface area contributed by atoms with Gasteiger partial charge in [0.1, 0.15) is 0 Å². The topological polar surface area (TPSA) is 70.9 Å². The Bertz CT molecular complexity index is 1150. The zero-order valence-electron chi connectivity index (χ0n) is 16.7. The van der Waals surface area contributed by atoms with Crippen LogP contribution < -0.4 is 5.32 Å². The minimum Gasteiger partial charge on any atom is -0.354 e. The van der Waals surface area contributed by atoms with Crippen molar-refractivity contribution < 1.29 is 0 Å². The number of piperidine rings is 1. The highest BCUT2D eigenvalue weighted by Gasteiger charge is 2.20. The summed E-state index contributed by atoms with van der Waals surface area (Å²) in [6.07, 6.45) is 4.45. The van der Waals surface area contributed by atoms with E-state index in [0.717, 1.165) is 29.9 Å². The monoisotopic (exact) mass is 374 g/mol. The number of rotatable bonds is 3. The minimum atomic E-state index is 0.414. The van der Waals surface area contributed by atoms with E-state index in [-0.39, 0.29) is 0 Å². The second-order valence-electron chi connectivity index (χ2n) is 8.26. The number of fused-ring (bicyclic) bond motifs is 2. The predicted octanol–water partition coefficient (Wildman–Crippen LogP) is 4.17. The molecular weight excluding hydrogens is 348 g/mol. The third kappa shape index (κ3) is 2.79. The number of nitrogens with zero attached hydrogens (tertiary/aromatic N) is 4. The number of hydrogen-bond acceptors (Lipinski definition) is 4. The van der Waals surface area contributed by atoms with Gasteiger partial charge in [0.2, 0.25) is 0 Å². The largest absolute Gasteiger partial charge is 0.354 e. The molecule has 1 aromatic carbocycles. The van der Waals surface area contributed by atoms with E-state index in [1.807, 2.05) is 6.20 Å². The van der Waals surface area contributed by atoms with Gasteiger partial charge in [0.05, 0.1) is 5.69 Å². The second kappa shape index (κ2) is 6.71. The van der Waals surface area contributed by atoms with Gasteiger partial charge in [0.25, 0.3) is 0 Å². The van der Waals surface area contributed by atoms with Gasteiger partial charge in [-0.3, -0.25) is 0 Å². The molecule has 0 aliphatic carbocycles. The maximum atomic E-state index is 4.11. The van der Waals surface area contributed by atoms with E-state index < -0.39 is 0 Å².